The first-order valence-corrected chi connectivity index (χ1v) is 7.50. The predicted molar refractivity (Wildman–Crippen MR) is 85.1 cm³/mol. The number of benzene rings is 2. The van der Waals surface area contributed by atoms with Crippen LogP contribution >= 0.6 is 15.9 Å². The Morgan fingerprint density at radius 1 is 1.14 bits per heavy atom. The van der Waals surface area contributed by atoms with Crippen LogP contribution in [-0.2, 0) is 6.61 Å². The normalized spacial score (nSPS) is 13.0. The van der Waals surface area contributed by atoms with Crippen molar-refractivity contribution in [3.8, 4) is 17.2 Å². The van der Waals surface area contributed by atoms with Crippen molar-refractivity contribution in [2.75, 3.05) is 18.9 Å². The van der Waals surface area contributed by atoms with Gasteiger partial charge in [0.25, 0.3) is 0 Å². The van der Waals surface area contributed by atoms with E-state index in [9.17, 15) is 0 Å². The van der Waals surface area contributed by atoms with Crippen LogP contribution < -0.4 is 19.9 Å². The molecule has 2 N–H and O–H groups in total. The third-order valence-corrected chi connectivity index (χ3v) is 4.03. The summed E-state index contributed by atoms with van der Waals surface area (Å²) in [6.45, 7) is 3.58. The minimum Gasteiger partial charge on any atom is -0.489 e. The second-order valence-electron chi connectivity index (χ2n) is 4.90. The average molecular weight is 350 g/mol. The molecule has 0 aliphatic carbocycles. The first-order chi connectivity index (χ1) is 10.1. The highest BCUT2D eigenvalue weighted by atomic mass is 79.9. The minimum absolute atomic E-state index is 0.446. The molecule has 110 valence electrons. The van der Waals surface area contributed by atoms with E-state index in [4.69, 9.17) is 19.9 Å². The van der Waals surface area contributed by atoms with Gasteiger partial charge in [0.1, 0.15) is 25.6 Å². The molecule has 0 radical (unpaired) electrons. The van der Waals surface area contributed by atoms with Crippen molar-refractivity contribution in [3.05, 3.63) is 45.9 Å². The predicted octanol–water partition coefficient (Wildman–Crippen LogP) is 3.69. The van der Waals surface area contributed by atoms with E-state index >= 15 is 0 Å². The van der Waals surface area contributed by atoms with E-state index in [0.717, 1.165) is 38.5 Å². The van der Waals surface area contributed by atoms with Crippen molar-refractivity contribution < 1.29 is 14.2 Å². The zero-order chi connectivity index (χ0) is 14.8. The molecule has 1 aliphatic rings. The molecule has 0 saturated heterocycles. The summed E-state index contributed by atoms with van der Waals surface area (Å²) < 4.78 is 17.9. The van der Waals surface area contributed by atoms with E-state index in [1.807, 2.05) is 37.3 Å². The number of halogens is 1. The van der Waals surface area contributed by atoms with Crippen molar-refractivity contribution in [1.82, 2.24) is 0 Å². The van der Waals surface area contributed by atoms with Crippen LogP contribution in [0.4, 0.5) is 5.69 Å². The van der Waals surface area contributed by atoms with E-state index in [1.165, 1.54) is 0 Å². The zero-order valence-corrected chi connectivity index (χ0v) is 13.3. The van der Waals surface area contributed by atoms with Crippen LogP contribution in [0.15, 0.2) is 34.8 Å². The Kier molecular flexibility index (Phi) is 3.92. The van der Waals surface area contributed by atoms with Gasteiger partial charge in [0, 0.05) is 15.7 Å². The molecule has 21 heavy (non-hydrogen) atoms. The van der Waals surface area contributed by atoms with Gasteiger partial charge in [-0.2, -0.15) is 0 Å². The van der Waals surface area contributed by atoms with Crippen molar-refractivity contribution in [1.29, 1.82) is 0 Å². The molecule has 0 aromatic heterocycles. The van der Waals surface area contributed by atoms with Crippen LogP contribution in [-0.4, -0.2) is 13.2 Å². The Balaban J connectivity index is 1.78. The van der Waals surface area contributed by atoms with Crippen LogP contribution in [0.1, 0.15) is 11.1 Å². The number of nitrogens with two attached hydrogens (primary N) is 1. The topological polar surface area (TPSA) is 53.7 Å². The molecule has 2 aromatic rings. The monoisotopic (exact) mass is 349 g/mol. The SMILES string of the molecule is Cc1cc(N)ccc1OCc1cc2c(cc1Br)OCCO2. The molecular weight excluding hydrogens is 334 g/mol. The maximum absolute atomic E-state index is 5.87. The highest BCUT2D eigenvalue weighted by Crippen LogP contribution is 2.36. The smallest absolute Gasteiger partial charge is 0.162 e. The molecule has 2 aromatic carbocycles. The quantitative estimate of drug-likeness (QED) is 0.858. The van der Waals surface area contributed by atoms with Crippen LogP contribution in [0.5, 0.6) is 17.2 Å². The highest BCUT2D eigenvalue weighted by Gasteiger charge is 2.15. The van der Waals surface area contributed by atoms with Crippen molar-refractivity contribution >= 4 is 21.6 Å². The van der Waals surface area contributed by atoms with E-state index in [2.05, 4.69) is 15.9 Å². The molecule has 1 heterocycles. The number of hydrogen-bond donors (Lipinski definition) is 1. The summed E-state index contributed by atoms with van der Waals surface area (Å²) in [7, 11) is 0. The number of fused-ring (bicyclic) bond motifs is 1. The standard InChI is InChI=1S/C16H16BrNO3/c1-10-6-12(18)2-3-14(10)21-9-11-7-15-16(8-13(11)17)20-5-4-19-15/h2-3,6-8H,4-5,9,18H2,1H3. The Bertz CT molecular complexity index is 673. The van der Waals surface area contributed by atoms with Gasteiger partial charge in [-0.1, -0.05) is 15.9 Å². The lowest BCUT2D eigenvalue weighted by Crippen LogP contribution is -2.15. The second kappa shape index (κ2) is 5.85. The summed E-state index contributed by atoms with van der Waals surface area (Å²) in [6.07, 6.45) is 0. The van der Waals surface area contributed by atoms with E-state index in [-0.39, 0.29) is 0 Å². The van der Waals surface area contributed by atoms with Gasteiger partial charge in [-0.05, 0) is 42.8 Å². The van der Waals surface area contributed by atoms with E-state index in [0.29, 0.717) is 19.8 Å². The number of rotatable bonds is 3. The summed E-state index contributed by atoms with van der Waals surface area (Å²) in [4.78, 5) is 0. The summed E-state index contributed by atoms with van der Waals surface area (Å²) in [6, 6.07) is 9.49. The lowest BCUT2D eigenvalue weighted by molar-refractivity contribution is 0.171. The van der Waals surface area contributed by atoms with E-state index in [1.54, 1.807) is 0 Å². The van der Waals surface area contributed by atoms with Gasteiger partial charge in [0.2, 0.25) is 0 Å². The third-order valence-electron chi connectivity index (χ3n) is 3.29. The fourth-order valence-corrected chi connectivity index (χ4v) is 2.64. The Morgan fingerprint density at radius 2 is 1.86 bits per heavy atom. The summed E-state index contributed by atoms with van der Waals surface area (Å²) >= 11 is 3.54. The van der Waals surface area contributed by atoms with Gasteiger partial charge in [0.15, 0.2) is 11.5 Å². The number of hydrogen-bond acceptors (Lipinski definition) is 4. The number of ether oxygens (including phenoxy) is 3. The maximum Gasteiger partial charge on any atom is 0.162 e. The molecule has 0 unspecified atom stereocenters. The number of anilines is 1. The molecule has 4 nitrogen and oxygen atoms in total. The fraction of sp³-hybridized carbons (Fsp3) is 0.250. The first-order valence-electron chi connectivity index (χ1n) is 6.70. The average Bonchev–Trinajstić information content (AvgIpc) is 2.46. The molecule has 0 spiro atoms. The highest BCUT2D eigenvalue weighted by molar-refractivity contribution is 9.10. The molecule has 1 aliphatic heterocycles. The van der Waals surface area contributed by atoms with Gasteiger partial charge in [-0.25, -0.2) is 0 Å². The van der Waals surface area contributed by atoms with Crippen LogP contribution in [0.3, 0.4) is 0 Å². The van der Waals surface area contributed by atoms with Gasteiger partial charge in [-0.15, -0.1) is 0 Å². The zero-order valence-electron chi connectivity index (χ0n) is 11.7. The molecule has 0 amide bonds. The van der Waals surface area contributed by atoms with Gasteiger partial charge in [0.05, 0.1) is 0 Å². The lowest BCUT2D eigenvalue weighted by Gasteiger charge is -2.20. The van der Waals surface area contributed by atoms with Crippen molar-refractivity contribution in [2.24, 2.45) is 0 Å². The van der Waals surface area contributed by atoms with Gasteiger partial charge < -0.3 is 19.9 Å². The molecule has 0 saturated carbocycles. The minimum atomic E-state index is 0.446. The van der Waals surface area contributed by atoms with Crippen molar-refractivity contribution in [2.45, 2.75) is 13.5 Å². The summed E-state index contributed by atoms with van der Waals surface area (Å²) in [5.74, 6) is 2.35. The van der Waals surface area contributed by atoms with Gasteiger partial charge >= 0.3 is 0 Å². The number of aryl methyl sites for hydroxylation is 1. The number of nitrogen functional groups attached to an aromatic ring is 1. The molecule has 5 heteroatoms. The summed E-state index contributed by atoms with van der Waals surface area (Å²) in [5, 5.41) is 0. The Morgan fingerprint density at radius 3 is 2.57 bits per heavy atom. The fourth-order valence-electron chi connectivity index (χ4n) is 2.21. The lowest BCUT2D eigenvalue weighted by atomic mass is 10.2. The molecule has 0 bridgehead atoms. The first kappa shape index (κ1) is 14.1. The molecule has 3 rings (SSSR count). The van der Waals surface area contributed by atoms with Crippen LogP contribution in [0.25, 0.3) is 0 Å². The van der Waals surface area contributed by atoms with Crippen molar-refractivity contribution in [3.63, 3.8) is 0 Å². The second-order valence-corrected chi connectivity index (χ2v) is 5.76. The Hall–Kier alpha value is -1.88. The third kappa shape index (κ3) is 3.08. The largest absolute Gasteiger partial charge is 0.489 e. The van der Waals surface area contributed by atoms with E-state index < -0.39 is 0 Å². The van der Waals surface area contributed by atoms with Crippen LogP contribution in [0.2, 0.25) is 0 Å². The summed E-state index contributed by atoms with van der Waals surface area (Å²) in [5.41, 5.74) is 8.51. The maximum atomic E-state index is 5.87. The molecule has 0 fully saturated rings. The van der Waals surface area contributed by atoms with Crippen LogP contribution in [0, 0.1) is 6.92 Å². The van der Waals surface area contributed by atoms with Gasteiger partial charge in [-0.3, -0.25) is 0 Å². The Labute approximate surface area is 131 Å². The molecular formula is C16H16BrNO3. The molecule has 0 atom stereocenters.